The lowest BCUT2D eigenvalue weighted by Crippen LogP contribution is -2.24. The van der Waals surface area contributed by atoms with E-state index in [0.29, 0.717) is 12.0 Å². The highest BCUT2D eigenvalue weighted by molar-refractivity contribution is 7.17. The second-order valence-corrected chi connectivity index (χ2v) is 5.62. The third-order valence-electron chi connectivity index (χ3n) is 3.50. The molecule has 0 radical (unpaired) electrons. The van der Waals surface area contributed by atoms with Gasteiger partial charge in [0.1, 0.15) is 0 Å². The Morgan fingerprint density at radius 2 is 2.11 bits per heavy atom. The van der Waals surface area contributed by atoms with E-state index in [-0.39, 0.29) is 0 Å². The van der Waals surface area contributed by atoms with E-state index in [1.807, 2.05) is 18.4 Å². The summed E-state index contributed by atoms with van der Waals surface area (Å²) in [5.41, 5.74) is 1.42. The Labute approximate surface area is 113 Å². The summed E-state index contributed by atoms with van der Waals surface area (Å²) in [5.74, 6) is 0.563. The Kier molecular flexibility index (Phi) is 4.75. The highest BCUT2D eigenvalue weighted by Crippen LogP contribution is 2.34. The zero-order valence-electron chi connectivity index (χ0n) is 11.3. The van der Waals surface area contributed by atoms with Crippen molar-refractivity contribution in [1.82, 2.24) is 5.32 Å². The lowest BCUT2D eigenvalue weighted by atomic mass is 9.92. The molecule has 0 amide bonds. The zero-order valence-corrected chi connectivity index (χ0v) is 12.1. The van der Waals surface area contributed by atoms with Crippen LogP contribution in [0.3, 0.4) is 0 Å². The first-order valence-corrected chi connectivity index (χ1v) is 7.28. The first-order chi connectivity index (χ1) is 8.77. The van der Waals surface area contributed by atoms with E-state index in [9.17, 15) is 0 Å². The molecule has 2 rings (SSSR count). The molecule has 0 aliphatic rings. The van der Waals surface area contributed by atoms with Crippen molar-refractivity contribution in [2.75, 3.05) is 20.8 Å². The first-order valence-electron chi connectivity index (χ1n) is 6.40. The number of thiophene rings is 1. The number of ether oxygens (including phenoxy) is 1. The van der Waals surface area contributed by atoms with Gasteiger partial charge in [0.2, 0.25) is 0 Å². The van der Waals surface area contributed by atoms with Crippen LogP contribution in [0.1, 0.15) is 24.9 Å². The minimum atomic E-state index is 0.399. The van der Waals surface area contributed by atoms with Crippen LogP contribution in [-0.2, 0) is 4.74 Å². The van der Waals surface area contributed by atoms with E-state index in [1.165, 1.54) is 15.6 Å². The number of fused-ring (bicyclic) bond motifs is 1. The Bertz CT molecular complexity index is 494. The number of benzene rings is 1. The molecule has 1 aromatic carbocycles. The fourth-order valence-electron chi connectivity index (χ4n) is 2.46. The molecule has 2 atom stereocenters. The fraction of sp³-hybridized carbons (Fsp3) is 0.467. The van der Waals surface area contributed by atoms with Crippen molar-refractivity contribution in [2.45, 2.75) is 19.4 Å². The van der Waals surface area contributed by atoms with Gasteiger partial charge in [-0.25, -0.2) is 0 Å². The van der Waals surface area contributed by atoms with Gasteiger partial charge in [-0.3, -0.25) is 0 Å². The number of hydrogen-bond acceptors (Lipinski definition) is 3. The third-order valence-corrected chi connectivity index (χ3v) is 4.49. The Hall–Kier alpha value is -0.900. The molecular weight excluding hydrogens is 242 g/mol. The standard InChI is InChI=1S/C15H21NOS/c1-11(8-9-17-3)15(16-2)13-10-18-14-7-5-4-6-12(13)14/h4-7,10-11,15-16H,8-9H2,1-3H3. The van der Waals surface area contributed by atoms with Gasteiger partial charge in [0.15, 0.2) is 0 Å². The van der Waals surface area contributed by atoms with Crippen molar-refractivity contribution in [3.05, 3.63) is 35.2 Å². The molecule has 98 valence electrons. The Morgan fingerprint density at radius 1 is 1.33 bits per heavy atom. The van der Waals surface area contributed by atoms with Crippen molar-refractivity contribution in [1.29, 1.82) is 0 Å². The maximum absolute atomic E-state index is 5.19. The van der Waals surface area contributed by atoms with E-state index < -0.39 is 0 Å². The summed E-state index contributed by atoms with van der Waals surface area (Å²) in [5, 5.41) is 7.12. The number of hydrogen-bond donors (Lipinski definition) is 1. The topological polar surface area (TPSA) is 21.3 Å². The summed E-state index contributed by atoms with van der Waals surface area (Å²) in [7, 11) is 3.81. The van der Waals surface area contributed by atoms with Crippen LogP contribution in [0.25, 0.3) is 10.1 Å². The van der Waals surface area contributed by atoms with E-state index >= 15 is 0 Å². The van der Waals surface area contributed by atoms with Gasteiger partial charge in [-0.2, -0.15) is 0 Å². The quantitative estimate of drug-likeness (QED) is 0.855. The predicted octanol–water partition coefficient (Wildman–Crippen LogP) is 3.83. The van der Waals surface area contributed by atoms with Gasteiger partial charge in [-0.05, 0) is 41.8 Å². The van der Waals surface area contributed by atoms with Crippen LogP contribution in [-0.4, -0.2) is 20.8 Å². The molecule has 2 aromatic rings. The minimum absolute atomic E-state index is 0.399. The highest BCUT2D eigenvalue weighted by Gasteiger charge is 2.20. The largest absolute Gasteiger partial charge is 0.385 e. The lowest BCUT2D eigenvalue weighted by molar-refractivity contribution is 0.171. The lowest BCUT2D eigenvalue weighted by Gasteiger charge is -2.23. The maximum Gasteiger partial charge on any atom is 0.0465 e. The van der Waals surface area contributed by atoms with Crippen molar-refractivity contribution < 1.29 is 4.74 Å². The van der Waals surface area contributed by atoms with Crippen LogP contribution in [0, 0.1) is 5.92 Å². The zero-order chi connectivity index (χ0) is 13.0. The summed E-state index contributed by atoms with van der Waals surface area (Å²) in [4.78, 5) is 0. The molecule has 0 saturated heterocycles. The fourth-order valence-corrected chi connectivity index (χ4v) is 3.45. The molecule has 0 fully saturated rings. The van der Waals surface area contributed by atoms with Crippen LogP contribution in [0.2, 0.25) is 0 Å². The Balaban J connectivity index is 2.26. The van der Waals surface area contributed by atoms with Gasteiger partial charge >= 0.3 is 0 Å². The van der Waals surface area contributed by atoms with Gasteiger partial charge in [0.25, 0.3) is 0 Å². The molecule has 2 unspecified atom stereocenters. The summed E-state index contributed by atoms with van der Waals surface area (Å²) in [6.07, 6.45) is 1.08. The summed E-state index contributed by atoms with van der Waals surface area (Å²) >= 11 is 1.83. The van der Waals surface area contributed by atoms with Crippen LogP contribution in [0.4, 0.5) is 0 Å². The van der Waals surface area contributed by atoms with Crippen LogP contribution >= 0.6 is 11.3 Å². The molecule has 2 nitrogen and oxygen atoms in total. The van der Waals surface area contributed by atoms with E-state index in [0.717, 1.165) is 13.0 Å². The molecule has 1 aromatic heterocycles. The smallest absolute Gasteiger partial charge is 0.0465 e. The van der Waals surface area contributed by atoms with Crippen molar-refractivity contribution >= 4 is 21.4 Å². The number of rotatable bonds is 6. The minimum Gasteiger partial charge on any atom is -0.385 e. The molecule has 3 heteroatoms. The van der Waals surface area contributed by atoms with Gasteiger partial charge in [-0.1, -0.05) is 25.1 Å². The predicted molar refractivity (Wildman–Crippen MR) is 79.3 cm³/mol. The number of methoxy groups -OCH3 is 1. The van der Waals surface area contributed by atoms with E-state index in [2.05, 4.69) is 41.9 Å². The van der Waals surface area contributed by atoms with Crippen molar-refractivity contribution in [3.63, 3.8) is 0 Å². The summed E-state index contributed by atoms with van der Waals surface area (Å²) in [6, 6.07) is 9.03. The first kappa shape index (κ1) is 13.5. The van der Waals surface area contributed by atoms with Crippen LogP contribution < -0.4 is 5.32 Å². The second-order valence-electron chi connectivity index (χ2n) is 4.71. The van der Waals surface area contributed by atoms with Gasteiger partial charge in [0, 0.05) is 24.5 Å². The molecule has 0 aliphatic carbocycles. The van der Waals surface area contributed by atoms with Gasteiger partial charge in [0.05, 0.1) is 0 Å². The molecular formula is C15H21NOS. The molecule has 0 saturated carbocycles. The number of nitrogens with one attached hydrogen (secondary N) is 1. The highest BCUT2D eigenvalue weighted by atomic mass is 32.1. The third kappa shape index (κ3) is 2.74. The molecule has 1 N–H and O–H groups in total. The van der Waals surface area contributed by atoms with Crippen molar-refractivity contribution in [2.24, 2.45) is 5.92 Å². The average Bonchev–Trinajstić information content (AvgIpc) is 2.81. The molecule has 18 heavy (non-hydrogen) atoms. The van der Waals surface area contributed by atoms with E-state index in [4.69, 9.17) is 4.74 Å². The Morgan fingerprint density at radius 3 is 2.83 bits per heavy atom. The molecule has 0 aliphatic heterocycles. The summed E-state index contributed by atoms with van der Waals surface area (Å²) in [6.45, 7) is 3.11. The molecule has 1 heterocycles. The normalized spacial score (nSPS) is 14.8. The summed E-state index contributed by atoms with van der Waals surface area (Å²) < 4.78 is 6.55. The van der Waals surface area contributed by atoms with Crippen LogP contribution in [0.5, 0.6) is 0 Å². The maximum atomic E-state index is 5.19. The molecule has 0 bridgehead atoms. The van der Waals surface area contributed by atoms with Crippen molar-refractivity contribution in [3.8, 4) is 0 Å². The van der Waals surface area contributed by atoms with Gasteiger partial charge in [-0.15, -0.1) is 11.3 Å². The SMILES string of the molecule is CNC(c1csc2ccccc12)C(C)CCOC. The average molecular weight is 263 g/mol. The van der Waals surface area contributed by atoms with Gasteiger partial charge < -0.3 is 10.1 Å². The molecule has 0 spiro atoms. The van der Waals surface area contributed by atoms with Crippen LogP contribution in [0.15, 0.2) is 29.6 Å². The van der Waals surface area contributed by atoms with E-state index in [1.54, 1.807) is 7.11 Å². The second kappa shape index (κ2) is 6.32. The monoisotopic (exact) mass is 263 g/mol.